The summed E-state index contributed by atoms with van der Waals surface area (Å²) in [5.41, 5.74) is 20.0. The molecule has 4 heteroatoms. The van der Waals surface area contributed by atoms with Crippen LogP contribution in [0.5, 0.6) is 0 Å². The lowest BCUT2D eigenvalue weighted by Gasteiger charge is -2.26. The van der Waals surface area contributed by atoms with Crippen molar-refractivity contribution in [3.05, 3.63) is 77.5 Å². The van der Waals surface area contributed by atoms with Crippen LogP contribution in [0.15, 0.2) is 66.7 Å². The second-order valence-electron chi connectivity index (χ2n) is 8.22. The molecule has 0 amide bonds. The molecule has 0 radical (unpaired) electrons. The molecule has 1 fully saturated rings. The Bertz CT molecular complexity index is 1000. The molecular formula is C25H27N3O. The molecule has 3 aromatic rings. The molecule has 0 atom stereocenters. The molecule has 0 heterocycles. The van der Waals surface area contributed by atoms with Crippen LogP contribution in [0.2, 0.25) is 0 Å². The van der Waals surface area contributed by atoms with E-state index >= 15 is 0 Å². The van der Waals surface area contributed by atoms with Gasteiger partial charge < -0.3 is 10.9 Å². The van der Waals surface area contributed by atoms with Crippen molar-refractivity contribution in [1.29, 1.82) is 5.53 Å². The zero-order valence-corrected chi connectivity index (χ0v) is 16.8. The lowest BCUT2D eigenvalue weighted by molar-refractivity contribution is -0.465. The molecule has 1 aliphatic carbocycles. The fourth-order valence-electron chi connectivity index (χ4n) is 4.32. The molecule has 1 saturated carbocycles. The van der Waals surface area contributed by atoms with Crippen LogP contribution in [-0.4, -0.2) is 4.86 Å². The van der Waals surface area contributed by atoms with E-state index in [0.29, 0.717) is 17.3 Å². The summed E-state index contributed by atoms with van der Waals surface area (Å²) in [4.78, 5) is 0.105. The topological polar surface area (TPSA) is 75.9 Å². The van der Waals surface area contributed by atoms with Gasteiger partial charge in [-0.1, -0.05) is 61.0 Å². The van der Waals surface area contributed by atoms with Crippen LogP contribution in [0.25, 0.3) is 22.3 Å². The monoisotopic (exact) mass is 385 g/mol. The van der Waals surface area contributed by atoms with E-state index in [0.717, 1.165) is 22.6 Å². The lowest BCUT2D eigenvalue weighted by atomic mass is 9.79. The van der Waals surface area contributed by atoms with Crippen LogP contribution in [-0.2, 0) is 0 Å². The van der Waals surface area contributed by atoms with Crippen molar-refractivity contribution in [2.75, 3.05) is 5.73 Å². The summed E-state index contributed by atoms with van der Waals surface area (Å²) in [6.45, 7) is 2.36. The zero-order valence-electron chi connectivity index (χ0n) is 16.8. The summed E-state index contributed by atoms with van der Waals surface area (Å²) in [5, 5.41) is 11.1. The van der Waals surface area contributed by atoms with Crippen molar-refractivity contribution in [2.45, 2.75) is 38.5 Å². The molecule has 0 bridgehead atoms. The summed E-state index contributed by atoms with van der Waals surface area (Å²) >= 11 is 0. The molecule has 0 spiro atoms. The van der Waals surface area contributed by atoms with Gasteiger partial charge in [0.15, 0.2) is 0 Å². The first-order valence-corrected chi connectivity index (χ1v) is 10.3. The van der Waals surface area contributed by atoms with E-state index in [1.807, 2.05) is 24.3 Å². The fraction of sp³-hybridized carbons (Fsp3) is 0.280. The SMILES string of the molecule is CC1CCC(c2ccc(-c3ccc(-c4ccc([N+](=N)[O-])cc4)c(N)c3)cc2)CC1. The normalized spacial score (nSPS) is 19.1. The highest BCUT2D eigenvalue weighted by Crippen LogP contribution is 2.37. The van der Waals surface area contributed by atoms with Gasteiger partial charge in [-0.15, -0.1) is 0 Å². The van der Waals surface area contributed by atoms with Crippen LogP contribution >= 0.6 is 0 Å². The maximum absolute atomic E-state index is 11.1. The molecule has 3 aromatic carbocycles. The minimum atomic E-state index is 0.105. The highest BCUT2D eigenvalue weighted by atomic mass is 16.5. The van der Waals surface area contributed by atoms with Crippen LogP contribution < -0.4 is 5.73 Å². The third-order valence-corrected chi connectivity index (χ3v) is 6.20. The van der Waals surface area contributed by atoms with Crippen molar-refractivity contribution in [2.24, 2.45) is 5.92 Å². The van der Waals surface area contributed by atoms with E-state index < -0.39 is 0 Å². The van der Waals surface area contributed by atoms with Crippen LogP contribution in [0.1, 0.15) is 44.1 Å². The van der Waals surface area contributed by atoms with Crippen LogP contribution in [0.4, 0.5) is 11.4 Å². The van der Waals surface area contributed by atoms with Gasteiger partial charge in [-0.05, 0) is 70.7 Å². The Morgan fingerprint density at radius 3 is 2.00 bits per heavy atom. The molecule has 1 aliphatic rings. The van der Waals surface area contributed by atoms with Gasteiger partial charge in [0.2, 0.25) is 5.69 Å². The van der Waals surface area contributed by atoms with Crippen molar-refractivity contribution in [1.82, 2.24) is 0 Å². The number of rotatable bonds is 4. The predicted octanol–water partition coefficient (Wildman–Crippen LogP) is 7.07. The predicted molar refractivity (Wildman–Crippen MR) is 118 cm³/mol. The highest BCUT2D eigenvalue weighted by Gasteiger charge is 2.19. The Morgan fingerprint density at radius 1 is 0.828 bits per heavy atom. The average molecular weight is 386 g/mol. The number of nitrogens with two attached hydrogens (primary N) is 1. The van der Waals surface area contributed by atoms with E-state index in [-0.39, 0.29) is 4.86 Å². The number of nitrogens with one attached hydrogen (secondary N) is 1. The van der Waals surface area contributed by atoms with Gasteiger partial charge in [-0.2, -0.15) is 0 Å². The van der Waals surface area contributed by atoms with Crippen molar-refractivity contribution < 1.29 is 4.86 Å². The van der Waals surface area contributed by atoms with E-state index in [4.69, 9.17) is 11.3 Å². The molecule has 0 saturated heterocycles. The van der Waals surface area contributed by atoms with Crippen molar-refractivity contribution in [3.8, 4) is 22.3 Å². The fourth-order valence-corrected chi connectivity index (χ4v) is 4.32. The molecule has 148 valence electrons. The van der Waals surface area contributed by atoms with Crippen LogP contribution in [0.3, 0.4) is 0 Å². The molecule has 29 heavy (non-hydrogen) atoms. The minimum Gasteiger partial charge on any atom is -0.594 e. The molecule has 4 rings (SSSR count). The smallest absolute Gasteiger partial charge is 0.244 e. The maximum atomic E-state index is 11.1. The highest BCUT2D eigenvalue weighted by molar-refractivity contribution is 5.81. The van der Waals surface area contributed by atoms with Gasteiger partial charge in [0.05, 0.1) is 0 Å². The van der Waals surface area contributed by atoms with Crippen molar-refractivity contribution >= 4 is 11.4 Å². The van der Waals surface area contributed by atoms with Crippen LogP contribution in [0, 0.1) is 16.7 Å². The molecule has 0 aromatic heterocycles. The second-order valence-corrected chi connectivity index (χ2v) is 8.22. The Morgan fingerprint density at radius 2 is 1.41 bits per heavy atom. The van der Waals surface area contributed by atoms with Gasteiger partial charge in [-0.25, -0.2) is 0 Å². The number of anilines is 1. The van der Waals surface area contributed by atoms with Gasteiger partial charge in [-0.3, -0.25) is 0 Å². The first kappa shape index (κ1) is 19.2. The quantitative estimate of drug-likeness (QED) is 0.218. The summed E-state index contributed by atoms with van der Waals surface area (Å²) in [6.07, 6.45) is 5.26. The Kier molecular flexibility index (Phi) is 5.34. The van der Waals surface area contributed by atoms with E-state index in [2.05, 4.69) is 37.3 Å². The van der Waals surface area contributed by atoms with Gasteiger partial charge in [0.25, 0.3) is 0 Å². The lowest BCUT2D eigenvalue weighted by Crippen LogP contribution is -2.10. The van der Waals surface area contributed by atoms with E-state index in [1.165, 1.54) is 36.8 Å². The summed E-state index contributed by atoms with van der Waals surface area (Å²) in [6, 6.07) is 22.0. The summed E-state index contributed by atoms with van der Waals surface area (Å²) in [7, 11) is 0. The molecule has 0 aliphatic heterocycles. The second kappa shape index (κ2) is 8.08. The number of nitrogen functional groups attached to an aromatic ring is 1. The number of nitrogens with zero attached hydrogens (tertiary/aromatic N) is 1. The zero-order chi connectivity index (χ0) is 20.4. The minimum absolute atomic E-state index is 0.105. The maximum Gasteiger partial charge on any atom is 0.244 e. The Hall–Kier alpha value is -3.14. The van der Waals surface area contributed by atoms with Crippen molar-refractivity contribution in [3.63, 3.8) is 0 Å². The summed E-state index contributed by atoms with van der Waals surface area (Å²) in [5.74, 6) is 1.57. The Balaban J connectivity index is 1.53. The molecule has 0 unspecified atom stereocenters. The third kappa shape index (κ3) is 4.16. The van der Waals surface area contributed by atoms with Gasteiger partial charge >= 0.3 is 0 Å². The van der Waals surface area contributed by atoms with E-state index in [1.54, 1.807) is 12.1 Å². The first-order valence-electron chi connectivity index (χ1n) is 10.3. The summed E-state index contributed by atoms with van der Waals surface area (Å²) < 4.78 is 0. The average Bonchev–Trinajstić information content (AvgIpc) is 2.74. The number of hydrogen-bond donors (Lipinski definition) is 2. The van der Waals surface area contributed by atoms with E-state index in [9.17, 15) is 5.21 Å². The first-order chi connectivity index (χ1) is 14.0. The largest absolute Gasteiger partial charge is 0.594 e. The number of hydrogen-bond acceptors (Lipinski definition) is 3. The standard InChI is InChI=1S/C25H27N3O/c1-17-2-4-18(5-3-17)19-6-8-20(9-7-19)22-12-15-24(25(26)16-22)21-10-13-23(14-11-21)28(27)29/h6-18,27H,2-5,26H2,1H3. The molecule has 3 N–H and O–H groups in total. The third-order valence-electron chi connectivity index (χ3n) is 6.20. The van der Waals surface area contributed by atoms with Gasteiger partial charge in [0, 0.05) is 23.4 Å². The number of benzene rings is 3. The molecule has 4 nitrogen and oxygen atoms in total. The Labute approximate surface area is 172 Å². The molecular weight excluding hydrogens is 358 g/mol. The van der Waals surface area contributed by atoms with Gasteiger partial charge in [0.1, 0.15) is 0 Å².